The average Bonchev–Trinajstić information content (AvgIpc) is 3.29. The molecule has 1 aliphatic carbocycles. The van der Waals surface area contributed by atoms with E-state index in [0.717, 1.165) is 24.0 Å². The molecule has 5 heteroatoms. The summed E-state index contributed by atoms with van der Waals surface area (Å²) in [5.74, 6) is -0.143. The smallest absolute Gasteiger partial charge is 0.302 e. The summed E-state index contributed by atoms with van der Waals surface area (Å²) >= 11 is 0. The lowest BCUT2D eigenvalue weighted by Gasteiger charge is -2.17. The number of carbonyl (C=O) groups is 2. The minimum Gasteiger partial charge on any atom is -0.461 e. The SMILES string of the molecule is CC(=O)OCc1ccccc1COCC(OC(C)=O)C1CC1. The number of ether oxygens (including phenoxy) is 3. The first-order chi connectivity index (χ1) is 10.6. The summed E-state index contributed by atoms with van der Waals surface area (Å²) in [5.41, 5.74) is 1.90. The Balaban J connectivity index is 1.85. The average molecular weight is 306 g/mol. The van der Waals surface area contributed by atoms with Gasteiger partial charge in [0, 0.05) is 13.8 Å². The lowest BCUT2D eigenvalue weighted by atomic mass is 10.1. The molecule has 0 heterocycles. The standard InChI is InChI=1S/C17H22O5/c1-12(18)21-10-16-6-4-3-5-15(16)9-20-11-17(14-7-8-14)22-13(2)19/h3-6,14,17H,7-11H2,1-2H3. The van der Waals surface area contributed by atoms with Crippen molar-refractivity contribution in [2.24, 2.45) is 5.92 Å². The van der Waals surface area contributed by atoms with E-state index in [0.29, 0.717) is 19.1 Å². The van der Waals surface area contributed by atoms with Crippen molar-refractivity contribution in [1.29, 1.82) is 0 Å². The minimum atomic E-state index is -0.306. The van der Waals surface area contributed by atoms with Crippen molar-refractivity contribution < 1.29 is 23.8 Å². The fourth-order valence-corrected chi connectivity index (χ4v) is 2.25. The molecule has 0 aromatic heterocycles. The van der Waals surface area contributed by atoms with Crippen molar-refractivity contribution >= 4 is 11.9 Å². The van der Waals surface area contributed by atoms with Gasteiger partial charge in [0.15, 0.2) is 0 Å². The van der Waals surface area contributed by atoms with Gasteiger partial charge in [-0.05, 0) is 29.9 Å². The van der Waals surface area contributed by atoms with Crippen LogP contribution in [0.4, 0.5) is 0 Å². The quantitative estimate of drug-likeness (QED) is 0.691. The van der Waals surface area contributed by atoms with Crippen LogP contribution in [0.25, 0.3) is 0 Å². The molecule has 1 fully saturated rings. The van der Waals surface area contributed by atoms with Gasteiger partial charge in [-0.15, -0.1) is 0 Å². The molecule has 1 aliphatic rings. The van der Waals surface area contributed by atoms with E-state index in [-0.39, 0.29) is 24.6 Å². The van der Waals surface area contributed by atoms with Gasteiger partial charge in [-0.25, -0.2) is 0 Å². The Hall–Kier alpha value is -1.88. The molecule has 0 aliphatic heterocycles. The minimum absolute atomic E-state index is 0.155. The molecular formula is C17H22O5. The van der Waals surface area contributed by atoms with Crippen molar-refractivity contribution in [2.45, 2.75) is 46.0 Å². The van der Waals surface area contributed by atoms with Gasteiger partial charge in [0.2, 0.25) is 0 Å². The molecular weight excluding hydrogens is 284 g/mol. The van der Waals surface area contributed by atoms with E-state index in [2.05, 4.69) is 0 Å². The van der Waals surface area contributed by atoms with Crippen LogP contribution in [0.3, 0.4) is 0 Å². The van der Waals surface area contributed by atoms with E-state index in [1.54, 1.807) is 0 Å². The topological polar surface area (TPSA) is 61.8 Å². The van der Waals surface area contributed by atoms with Crippen LogP contribution in [-0.2, 0) is 37.0 Å². The van der Waals surface area contributed by atoms with Gasteiger partial charge < -0.3 is 14.2 Å². The summed E-state index contributed by atoms with van der Waals surface area (Å²) in [6.45, 7) is 3.85. The largest absolute Gasteiger partial charge is 0.461 e. The number of esters is 2. The van der Waals surface area contributed by atoms with Crippen LogP contribution in [0.5, 0.6) is 0 Å². The lowest BCUT2D eigenvalue weighted by Crippen LogP contribution is -2.24. The molecule has 0 spiro atoms. The van der Waals surface area contributed by atoms with Gasteiger partial charge in [0.1, 0.15) is 12.7 Å². The Morgan fingerprint density at radius 2 is 1.73 bits per heavy atom. The van der Waals surface area contributed by atoms with Gasteiger partial charge >= 0.3 is 11.9 Å². The highest BCUT2D eigenvalue weighted by atomic mass is 16.6. The van der Waals surface area contributed by atoms with Gasteiger partial charge in [0.25, 0.3) is 0 Å². The fraction of sp³-hybridized carbons (Fsp3) is 0.529. The van der Waals surface area contributed by atoms with Gasteiger partial charge in [0.05, 0.1) is 13.2 Å². The molecule has 0 saturated heterocycles. The van der Waals surface area contributed by atoms with Gasteiger partial charge in [-0.2, -0.15) is 0 Å². The first-order valence-electron chi connectivity index (χ1n) is 7.51. The molecule has 0 radical (unpaired) electrons. The van der Waals surface area contributed by atoms with Crippen molar-refractivity contribution in [1.82, 2.24) is 0 Å². The van der Waals surface area contributed by atoms with Crippen LogP contribution in [0, 0.1) is 5.92 Å². The second-order valence-corrected chi connectivity index (χ2v) is 5.55. The maximum Gasteiger partial charge on any atom is 0.302 e. The molecule has 22 heavy (non-hydrogen) atoms. The van der Waals surface area contributed by atoms with E-state index in [1.165, 1.54) is 13.8 Å². The molecule has 5 nitrogen and oxygen atoms in total. The van der Waals surface area contributed by atoms with Crippen molar-refractivity contribution in [3.8, 4) is 0 Å². The van der Waals surface area contributed by atoms with E-state index >= 15 is 0 Å². The van der Waals surface area contributed by atoms with Crippen LogP contribution in [-0.4, -0.2) is 24.6 Å². The third-order valence-electron chi connectivity index (χ3n) is 3.55. The van der Waals surface area contributed by atoms with Crippen molar-refractivity contribution in [3.05, 3.63) is 35.4 Å². The molecule has 1 saturated carbocycles. The zero-order valence-electron chi connectivity index (χ0n) is 13.0. The van der Waals surface area contributed by atoms with E-state index < -0.39 is 0 Å². The van der Waals surface area contributed by atoms with Gasteiger partial charge in [-0.3, -0.25) is 9.59 Å². The summed E-state index contributed by atoms with van der Waals surface area (Å²) < 4.78 is 16.0. The fourth-order valence-electron chi connectivity index (χ4n) is 2.25. The summed E-state index contributed by atoms with van der Waals surface area (Å²) in [6.07, 6.45) is 2.02. The predicted molar refractivity (Wildman–Crippen MR) is 79.8 cm³/mol. The summed E-state index contributed by atoms with van der Waals surface area (Å²) in [6, 6.07) is 7.66. The monoisotopic (exact) mass is 306 g/mol. The lowest BCUT2D eigenvalue weighted by molar-refractivity contribution is -0.151. The van der Waals surface area contributed by atoms with Crippen LogP contribution < -0.4 is 0 Å². The summed E-state index contributed by atoms with van der Waals surface area (Å²) in [5, 5.41) is 0. The number of benzene rings is 1. The summed E-state index contributed by atoms with van der Waals surface area (Å²) in [4.78, 5) is 22.0. The number of hydrogen-bond donors (Lipinski definition) is 0. The number of hydrogen-bond acceptors (Lipinski definition) is 5. The maximum atomic E-state index is 11.1. The molecule has 0 amide bonds. The second-order valence-electron chi connectivity index (χ2n) is 5.55. The highest BCUT2D eigenvalue weighted by molar-refractivity contribution is 5.66. The molecule has 1 atom stereocenters. The molecule has 0 N–H and O–H groups in total. The first kappa shape index (κ1) is 16.5. The third kappa shape index (κ3) is 5.48. The Labute approximate surface area is 130 Å². The highest BCUT2D eigenvalue weighted by Crippen LogP contribution is 2.34. The molecule has 1 aromatic carbocycles. The number of rotatable bonds is 8. The molecule has 0 bridgehead atoms. The molecule has 120 valence electrons. The molecule has 2 rings (SSSR count). The molecule has 1 aromatic rings. The van der Waals surface area contributed by atoms with Crippen LogP contribution in [0.15, 0.2) is 24.3 Å². The maximum absolute atomic E-state index is 11.1. The normalized spacial score (nSPS) is 15.2. The van der Waals surface area contributed by atoms with Crippen molar-refractivity contribution in [3.63, 3.8) is 0 Å². The first-order valence-corrected chi connectivity index (χ1v) is 7.51. The van der Waals surface area contributed by atoms with Crippen LogP contribution in [0.2, 0.25) is 0 Å². The Morgan fingerprint density at radius 1 is 1.09 bits per heavy atom. The van der Waals surface area contributed by atoms with E-state index in [4.69, 9.17) is 14.2 Å². The Bertz CT molecular complexity index is 522. The van der Waals surface area contributed by atoms with Crippen LogP contribution >= 0.6 is 0 Å². The zero-order chi connectivity index (χ0) is 15.9. The van der Waals surface area contributed by atoms with E-state index in [1.807, 2.05) is 24.3 Å². The Morgan fingerprint density at radius 3 is 2.27 bits per heavy atom. The predicted octanol–water partition coefficient (Wildman–Crippen LogP) is 2.61. The van der Waals surface area contributed by atoms with Gasteiger partial charge in [-0.1, -0.05) is 24.3 Å². The summed E-state index contributed by atoms with van der Waals surface area (Å²) in [7, 11) is 0. The van der Waals surface area contributed by atoms with Crippen molar-refractivity contribution in [2.75, 3.05) is 6.61 Å². The molecule has 1 unspecified atom stereocenters. The number of carbonyl (C=O) groups excluding carboxylic acids is 2. The van der Waals surface area contributed by atoms with E-state index in [9.17, 15) is 9.59 Å². The highest BCUT2D eigenvalue weighted by Gasteiger charge is 2.33. The Kier molecular flexibility index (Phi) is 5.95. The zero-order valence-corrected chi connectivity index (χ0v) is 13.0. The second kappa shape index (κ2) is 7.94. The van der Waals surface area contributed by atoms with Crippen LogP contribution in [0.1, 0.15) is 37.8 Å². The third-order valence-corrected chi connectivity index (χ3v) is 3.55.